The van der Waals surface area contributed by atoms with E-state index in [9.17, 15) is 0 Å². The highest BCUT2D eigenvalue weighted by molar-refractivity contribution is 8.15. The van der Waals surface area contributed by atoms with Gasteiger partial charge < -0.3 is 0 Å². The van der Waals surface area contributed by atoms with Crippen LogP contribution in [0.3, 0.4) is 0 Å². The van der Waals surface area contributed by atoms with Crippen molar-refractivity contribution in [3.05, 3.63) is 0 Å². The molecule has 0 radical (unpaired) electrons. The first-order valence-electron chi connectivity index (χ1n) is 2.95. The molecule has 0 nitrogen and oxygen atoms in total. The molecular weight excluding hydrogens is 104 g/mol. The Hall–Kier alpha value is 0.220. The number of hydrogen-bond acceptors (Lipinski definition) is 0. The van der Waals surface area contributed by atoms with E-state index in [-0.39, 0.29) is 0 Å². The first kappa shape index (κ1) is 4.13. The van der Waals surface area contributed by atoms with Crippen LogP contribution in [-0.4, -0.2) is 16.9 Å². The van der Waals surface area contributed by atoms with E-state index in [1.165, 1.54) is 12.2 Å². The monoisotopic (exact) mass is 114 g/mol. The average Bonchev–Trinajstić information content (AvgIpc) is 2.22. The molecule has 1 heteroatoms. The van der Waals surface area contributed by atoms with Crippen molar-refractivity contribution < 1.29 is 0 Å². The summed E-state index contributed by atoms with van der Waals surface area (Å²) >= 11 is 0. The molecule has 40 valence electrons. The Balaban J connectivity index is 2.30. The van der Waals surface area contributed by atoms with Gasteiger partial charge in [0.25, 0.3) is 0 Å². The molecule has 0 saturated carbocycles. The molecule has 1 fully saturated rings. The van der Waals surface area contributed by atoms with E-state index in [1.54, 1.807) is 12.2 Å². The molecule has 2 rings (SSSR count). The maximum atomic E-state index is 2.54. The van der Waals surface area contributed by atoms with Crippen LogP contribution in [0.1, 0.15) is 12.8 Å². The summed E-state index contributed by atoms with van der Waals surface area (Å²) < 4.78 is 0. The van der Waals surface area contributed by atoms with Gasteiger partial charge in [0, 0.05) is 0 Å². The molecule has 2 heterocycles. The highest BCUT2D eigenvalue weighted by Crippen LogP contribution is 2.37. The minimum Gasteiger partial charge on any atom is -0.190 e. The first-order chi connectivity index (χ1) is 3.45. The second kappa shape index (κ2) is 1.35. The molecule has 1 saturated heterocycles. The van der Waals surface area contributed by atoms with Crippen molar-refractivity contribution in [1.82, 2.24) is 0 Å². The smallest absolute Gasteiger partial charge is 0.00883 e. The fourth-order valence-corrected chi connectivity index (χ4v) is 3.95. The van der Waals surface area contributed by atoms with Crippen LogP contribution in [0.4, 0.5) is 0 Å². The standard InChI is InChI=1S/C6H10S/c1-3-7-4-2-6(1)5-7/h3,6H,1-2,4-5H2. The summed E-state index contributed by atoms with van der Waals surface area (Å²) in [5.74, 6) is 4.22. The predicted molar refractivity (Wildman–Crippen MR) is 36.1 cm³/mol. The van der Waals surface area contributed by atoms with Gasteiger partial charge in [0.05, 0.1) is 0 Å². The van der Waals surface area contributed by atoms with Gasteiger partial charge in [-0.2, -0.15) is 10.5 Å². The van der Waals surface area contributed by atoms with Gasteiger partial charge in [-0.1, -0.05) is 5.37 Å². The summed E-state index contributed by atoms with van der Waals surface area (Å²) in [5, 5.41) is 2.54. The molecule has 0 aromatic carbocycles. The number of hydrogen-bond donors (Lipinski definition) is 0. The van der Waals surface area contributed by atoms with Crippen LogP contribution in [0, 0.1) is 5.92 Å². The van der Waals surface area contributed by atoms with Gasteiger partial charge >= 0.3 is 0 Å². The average molecular weight is 114 g/mol. The molecule has 0 aromatic rings. The van der Waals surface area contributed by atoms with Crippen LogP contribution < -0.4 is 0 Å². The summed E-state index contributed by atoms with van der Waals surface area (Å²) in [7, 11) is 0.815. The van der Waals surface area contributed by atoms with Gasteiger partial charge in [-0.3, -0.25) is 0 Å². The Morgan fingerprint density at radius 1 is 1.57 bits per heavy atom. The zero-order valence-corrected chi connectivity index (χ0v) is 5.21. The highest BCUT2D eigenvalue weighted by Gasteiger charge is 2.22. The Morgan fingerprint density at radius 2 is 2.57 bits per heavy atom. The maximum absolute atomic E-state index is 2.54. The van der Waals surface area contributed by atoms with Crippen LogP contribution in [0.2, 0.25) is 0 Å². The predicted octanol–water partition coefficient (Wildman–Crippen LogP) is 1.48. The van der Waals surface area contributed by atoms with Gasteiger partial charge in [-0.25, -0.2) is 0 Å². The van der Waals surface area contributed by atoms with Crippen molar-refractivity contribution in [2.45, 2.75) is 12.8 Å². The van der Waals surface area contributed by atoms with Crippen molar-refractivity contribution in [3.63, 3.8) is 0 Å². The lowest BCUT2D eigenvalue weighted by molar-refractivity contribution is 0.636. The van der Waals surface area contributed by atoms with Crippen LogP contribution in [0.15, 0.2) is 0 Å². The zero-order chi connectivity index (χ0) is 4.69. The van der Waals surface area contributed by atoms with Crippen molar-refractivity contribution in [2.75, 3.05) is 11.5 Å². The fraction of sp³-hybridized carbons (Fsp3) is 0.833. The van der Waals surface area contributed by atoms with Crippen molar-refractivity contribution in [3.8, 4) is 0 Å². The van der Waals surface area contributed by atoms with Crippen LogP contribution >= 0.6 is 10.5 Å². The minimum atomic E-state index is 0.815. The molecule has 0 N–H and O–H groups in total. The summed E-state index contributed by atoms with van der Waals surface area (Å²) in [6, 6.07) is 0. The van der Waals surface area contributed by atoms with Crippen LogP contribution in [0.25, 0.3) is 0 Å². The molecule has 2 atom stereocenters. The van der Waals surface area contributed by atoms with Crippen LogP contribution in [0.5, 0.6) is 0 Å². The number of rotatable bonds is 0. The maximum Gasteiger partial charge on any atom is -0.00883 e. The quantitative estimate of drug-likeness (QED) is 0.418. The molecule has 7 heavy (non-hydrogen) atoms. The lowest BCUT2D eigenvalue weighted by atomic mass is 10.1. The highest BCUT2D eigenvalue weighted by atomic mass is 32.2. The largest absolute Gasteiger partial charge is 0.190 e. The third-order valence-corrected chi connectivity index (χ3v) is 4.23. The normalized spacial score (nSPS) is 46.9. The van der Waals surface area contributed by atoms with Gasteiger partial charge in [-0.05, 0) is 30.3 Å². The molecule has 2 bridgehead atoms. The number of fused-ring (bicyclic) bond motifs is 2. The topological polar surface area (TPSA) is 0 Å². The Morgan fingerprint density at radius 3 is 2.71 bits per heavy atom. The van der Waals surface area contributed by atoms with Crippen molar-refractivity contribution >= 4 is 15.9 Å². The van der Waals surface area contributed by atoms with E-state index in [2.05, 4.69) is 5.37 Å². The van der Waals surface area contributed by atoms with Crippen molar-refractivity contribution in [2.24, 2.45) is 5.92 Å². The zero-order valence-electron chi connectivity index (χ0n) is 4.39. The van der Waals surface area contributed by atoms with Gasteiger partial charge in [0.1, 0.15) is 0 Å². The van der Waals surface area contributed by atoms with Gasteiger partial charge in [-0.15, -0.1) is 0 Å². The summed E-state index contributed by atoms with van der Waals surface area (Å²) in [6.45, 7) is 0. The minimum absolute atomic E-state index is 0.815. The third kappa shape index (κ3) is 0.548. The van der Waals surface area contributed by atoms with E-state index in [0.29, 0.717) is 0 Å². The second-order valence-corrected chi connectivity index (χ2v) is 4.62. The molecule has 0 amide bonds. The van der Waals surface area contributed by atoms with Gasteiger partial charge in [0.2, 0.25) is 0 Å². The first-order valence-corrected chi connectivity index (χ1v) is 4.57. The molecule has 0 aliphatic carbocycles. The van der Waals surface area contributed by atoms with Crippen LogP contribution in [-0.2, 0) is 0 Å². The van der Waals surface area contributed by atoms with Gasteiger partial charge in [0.15, 0.2) is 0 Å². The van der Waals surface area contributed by atoms with E-state index < -0.39 is 0 Å². The molecule has 2 aliphatic rings. The second-order valence-electron chi connectivity index (χ2n) is 2.47. The Bertz CT molecular complexity index is 115. The Labute approximate surface area is 46.8 Å². The molecular formula is C6H10S. The molecule has 0 spiro atoms. The lowest BCUT2D eigenvalue weighted by Crippen LogP contribution is -1.93. The van der Waals surface area contributed by atoms with E-state index in [0.717, 1.165) is 16.4 Å². The van der Waals surface area contributed by atoms with Crippen molar-refractivity contribution in [1.29, 1.82) is 0 Å². The van der Waals surface area contributed by atoms with E-state index >= 15 is 0 Å². The van der Waals surface area contributed by atoms with E-state index in [4.69, 9.17) is 0 Å². The fourth-order valence-electron chi connectivity index (χ4n) is 1.40. The summed E-state index contributed by atoms with van der Waals surface area (Å²) in [5.41, 5.74) is 0. The summed E-state index contributed by atoms with van der Waals surface area (Å²) in [6.07, 6.45) is 2.99. The SMILES string of the molecule is C1=S2CCC(C1)C2. The lowest BCUT2D eigenvalue weighted by Gasteiger charge is -1.98. The Kier molecular flexibility index (Phi) is 0.795. The molecule has 2 aliphatic heterocycles. The molecule has 2 unspecified atom stereocenters. The van der Waals surface area contributed by atoms with E-state index in [1.807, 2.05) is 0 Å². The molecule has 0 aromatic heterocycles. The summed E-state index contributed by atoms with van der Waals surface area (Å²) in [4.78, 5) is 0. The third-order valence-electron chi connectivity index (χ3n) is 1.90.